The van der Waals surface area contributed by atoms with Gasteiger partial charge in [-0.05, 0) is 39.2 Å². The van der Waals surface area contributed by atoms with E-state index >= 15 is 0 Å². The van der Waals surface area contributed by atoms with Crippen molar-refractivity contribution in [3.63, 3.8) is 0 Å². The van der Waals surface area contributed by atoms with E-state index in [0.717, 1.165) is 38.6 Å². The van der Waals surface area contributed by atoms with Crippen molar-refractivity contribution in [2.75, 3.05) is 27.2 Å². The van der Waals surface area contributed by atoms with Crippen LogP contribution in [0, 0.1) is 5.92 Å². The molecular weight excluding hydrogens is 216 g/mol. The number of hydrogen-bond acceptors (Lipinski definition) is 3. The largest absolute Gasteiger partial charge is 0.394 e. The zero-order chi connectivity index (χ0) is 12.9. The van der Waals surface area contributed by atoms with Crippen LogP contribution in [0.1, 0.15) is 39.0 Å². The minimum Gasteiger partial charge on any atom is -0.394 e. The molecule has 2 N–H and O–H groups in total. The van der Waals surface area contributed by atoms with E-state index in [0.29, 0.717) is 0 Å². The molecule has 4 heteroatoms. The Labute approximate surface area is 104 Å². The van der Waals surface area contributed by atoms with Crippen molar-refractivity contribution < 1.29 is 9.90 Å². The van der Waals surface area contributed by atoms with Gasteiger partial charge in [0, 0.05) is 25.0 Å². The molecule has 0 radical (unpaired) electrons. The highest BCUT2D eigenvalue weighted by atomic mass is 16.3. The van der Waals surface area contributed by atoms with Crippen molar-refractivity contribution in [3.8, 4) is 0 Å². The van der Waals surface area contributed by atoms with Crippen LogP contribution in [0.4, 0.5) is 0 Å². The summed E-state index contributed by atoms with van der Waals surface area (Å²) in [6.45, 7) is 3.09. The molecule has 0 aromatic rings. The van der Waals surface area contributed by atoms with Gasteiger partial charge in [0.2, 0.25) is 5.91 Å². The van der Waals surface area contributed by atoms with Crippen molar-refractivity contribution in [2.45, 2.75) is 44.6 Å². The van der Waals surface area contributed by atoms with Crippen LogP contribution in [0.15, 0.2) is 0 Å². The smallest absolute Gasteiger partial charge is 0.225 e. The highest BCUT2D eigenvalue weighted by Crippen LogP contribution is 2.32. The summed E-state index contributed by atoms with van der Waals surface area (Å²) in [7, 11) is 3.78. The first kappa shape index (κ1) is 14.5. The molecule has 1 aliphatic carbocycles. The molecule has 100 valence electrons. The lowest BCUT2D eigenvalue weighted by atomic mass is 9.76. The first-order valence-corrected chi connectivity index (χ1v) is 6.63. The van der Waals surface area contributed by atoms with Crippen molar-refractivity contribution in [2.24, 2.45) is 5.92 Å². The average molecular weight is 242 g/mol. The minimum absolute atomic E-state index is 0.152. The van der Waals surface area contributed by atoms with E-state index < -0.39 is 0 Å². The van der Waals surface area contributed by atoms with Crippen molar-refractivity contribution in [1.29, 1.82) is 0 Å². The number of aliphatic hydroxyl groups is 1. The van der Waals surface area contributed by atoms with Gasteiger partial charge in [0.05, 0.1) is 6.61 Å². The monoisotopic (exact) mass is 242 g/mol. The fourth-order valence-corrected chi connectivity index (χ4v) is 2.66. The summed E-state index contributed by atoms with van der Waals surface area (Å²) >= 11 is 0. The average Bonchev–Trinajstić information content (AvgIpc) is 2.38. The second kappa shape index (κ2) is 6.36. The molecule has 0 aliphatic heterocycles. The Balaban J connectivity index is 2.48. The molecule has 17 heavy (non-hydrogen) atoms. The zero-order valence-electron chi connectivity index (χ0n) is 11.3. The van der Waals surface area contributed by atoms with E-state index in [4.69, 9.17) is 0 Å². The number of likely N-dealkylation sites (N-methyl/N-ethyl adjacent to an activating group) is 1. The number of amides is 1. The Hall–Kier alpha value is -0.610. The molecule has 0 heterocycles. The molecular formula is C13H26N2O2. The molecule has 1 aliphatic rings. The van der Waals surface area contributed by atoms with Gasteiger partial charge in [0.25, 0.3) is 0 Å². The number of aliphatic hydroxyl groups excluding tert-OH is 1. The molecule has 0 atom stereocenters. The standard InChI is InChI=1S/C13H26N2O2/c1-4-9-15(3)12(17)11-5-7-13(10-16,14-2)8-6-11/h11,14,16H,4-10H2,1-3H3. The lowest BCUT2D eigenvalue weighted by Crippen LogP contribution is -2.50. The Kier molecular flexibility index (Phi) is 5.40. The van der Waals surface area contributed by atoms with E-state index in [2.05, 4.69) is 12.2 Å². The van der Waals surface area contributed by atoms with Gasteiger partial charge in [-0.15, -0.1) is 0 Å². The summed E-state index contributed by atoms with van der Waals surface area (Å²) in [5.74, 6) is 0.425. The van der Waals surface area contributed by atoms with Crippen molar-refractivity contribution in [3.05, 3.63) is 0 Å². The number of hydrogen-bond donors (Lipinski definition) is 2. The molecule has 1 rings (SSSR count). The lowest BCUT2D eigenvalue weighted by Gasteiger charge is -2.39. The topological polar surface area (TPSA) is 52.6 Å². The third-order valence-electron chi connectivity index (χ3n) is 4.06. The number of carbonyl (C=O) groups excluding carboxylic acids is 1. The summed E-state index contributed by atoms with van der Waals surface area (Å²) in [5.41, 5.74) is -0.153. The first-order chi connectivity index (χ1) is 8.08. The summed E-state index contributed by atoms with van der Waals surface area (Å²) in [4.78, 5) is 14.0. The molecule has 1 fully saturated rings. The molecule has 0 spiro atoms. The van der Waals surface area contributed by atoms with E-state index in [9.17, 15) is 9.90 Å². The summed E-state index contributed by atoms with van der Waals surface area (Å²) < 4.78 is 0. The molecule has 4 nitrogen and oxygen atoms in total. The summed E-state index contributed by atoms with van der Waals surface area (Å²) in [6, 6.07) is 0. The van der Waals surface area contributed by atoms with Crippen LogP contribution >= 0.6 is 0 Å². The normalized spacial score (nSPS) is 29.1. The molecule has 0 saturated heterocycles. The van der Waals surface area contributed by atoms with Gasteiger partial charge in [0.1, 0.15) is 0 Å². The lowest BCUT2D eigenvalue weighted by molar-refractivity contribution is -0.135. The van der Waals surface area contributed by atoms with E-state index in [1.54, 1.807) is 0 Å². The Morgan fingerprint density at radius 3 is 2.47 bits per heavy atom. The van der Waals surface area contributed by atoms with Crippen molar-refractivity contribution >= 4 is 5.91 Å². The van der Waals surface area contributed by atoms with Crippen LogP contribution in [0.3, 0.4) is 0 Å². The first-order valence-electron chi connectivity index (χ1n) is 6.63. The summed E-state index contributed by atoms with van der Waals surface area (Å²) in [6.07, 6.45) is 4.54. The van der Waals surface area contributed by atoms with Crippen LogP contribution in [-0.4, -0.2) is 48.7 Å². The Morgan fingerprint density at radius 2 is 2.06 bits per heavy atom. The molecule has 0 unspecified atom stereocenters. The fourth-order valence-electron chi connectivity index (χ4n) is 2.66. The third-order valence-corrected chi connectivity index (χ3v) is 4.06. The molecule has 1 saturated carbocycles. The van der Waals surface area contributed by atoms with Gasteiger partial charge in [-0.2, -0.15) is 0 Å². The Morgan fingerprint density at radius 1 is 1.47 bits per heavy atom. The van der Waals surface area contributed by atoms with E-state index in [1.807, 2.05) is 19.0 Å². The van der Waals surface area contributed by atoms with Gasteiger partial charge in [-0.3, -0.25) is 4.79 Å². The maximum Gasteiger partial charge on any atom is 0.225 e. The maximum atomic E-state index is 12.1. The van der Waals surface area contributed by atoms with Gasteiger partial charge < -0.3 is 15.3 Å². The molecule has 0 aromatic heterocycles. The predicted molar refractivity (Wildman–Crippen MR) is 68.8 cm³/mol. The van der Waals surface area contributed by atoms with E-state index in [1.165, 1.54) is 0 Å². The number of nitrogens with one attached hydrogen (secondary N) is 1. The second-order valence-corrected chi connectivity index (χ2v) is 5.22. The number of nitrogens with zero attached hydrogens (tertiary/aromatic N) is 1. The van der Waals surface area contributed by atoms with Crippen LogP contribution in [0.25, 0.3) is 0 Å². The fraction of sp³-hybridized carbons (Fsp3) is 0.923. The number of rotatable bonds is 5. The van der Waals surface area contributed by atoms with Gasteiger partial charge >= 0.3 is 0 Å². The highest BCUT2D eigenvalue weighted by Gasteiger charge is 2.36. The third kappa shape index (κ3) is 3.42. The van der Waals surface area contributed by atoms with Crippen LogP contribution in [0.2, 0.25) is 0 Å². The van der Waals surface area contributed by atoms with Gasteiger partial charge in [0.15, 0.2) is 0 Å². The quantitative estimate of drug-likeness (QED) is 0.756. The van der Waals surface area contributed by atoms with Gasteiger partial charge in [-0.25, -0.2) is 0 Å². The maximum absolute atomic E-state index is 12.1. The SMILES string of the molecule is CCCN(C)C(=O)C1CCC(CO)(NC)CC1. The molecule has 1 amide bonds. The van der Waals surface area contributed by atoms with Crippen LogP contribution < -0.4 is 5.32 Å². The highest BCUT2D eigenvalue weighted by molar-refractivity contribution is 5.78. The number of carbonyl (C=O) groups is 1. The minimum atomic E-state index is -0.153. The molecule has 0 bridgehead atoms. The predicted octanol–water partition coefficient (Wildman–Crippen LogP) is 0.995. The van der Waals surface area contributed by atoms with E-state index in [-0.39, 0.29) is 24.0 Å². The van der Waals surface area contributed by atoms with Crippen LogP contribution in [0.5, 0.6) is 0 Å². The van der Waals surface area contributed by atoms with Crippen molar-refractivity contribution in [1.82, 2.24) is 10.2 Å². The Bertz CT molecular complexity index is 242. The van der Waals surface area contributed by atoms with Crippen LogP contribution in [-0.2, 0) is 4.79 Å². The zero-order valence-corrected chi connectivity index (χ0v) is 11.3. The van der Waals surface area contributed by atoms with Gasteiger partial charge in [-0.1, -0.05) is 6.92 Å². The second-order valence-electron chi connectivity index (χ2n) is 5.22. The summed E-state index contributed by atoms with van der Waals surface area (Å²) in [5, 5.41) is 12.6. The molecule has 0 aromatic carbocycles.